The number of anilines is 2. The average molecular weight is 420 g/mol. The molecule has 3 aromatic rings. The second kappa shape index (κ2) is 7.29. The molecule has 1 heterocycles. The number of halogens is 2. The summed E-state index contributed by atoms with van der Waals surface area (Å²) in [6.07, 6.45) is 1.75. The molecule has 0 unspecified atom stereocenters. The molecular formula is C18H16BrClN4O. The first-order chi connectivity index (χ1) is 12.0. The van der Waals surface area contributed by atoms with Crippen LogP contribution in [0.4, 0.5) is 11.4 Å². The quantitative estimate of drug-likeness (QED) is 0.672. The molecule has 0 bridgehead atoms. The molecule has 2 aromatic carbocycles. The van der Waals surface area contributed by atoms with Gasteiger partial charge in [0.05, 0.1) is 22.1 Å². The Morgan fingerprint density at radius 3 is 2.68 bits per heavy atom. The zero-order valence-electron chi connectivity index (χ0n) is 13.7. The molecule has 128 valence electrons. The molecule has 5 nitrogen and oxygen atoms in total. The number of para-hydroxylation sites is 1. The van der Waals surface area contributed by atoms with E-state index in [0.717, 1.165) is 15.8 Å². The molecule has 0 aliphatic heterocycles. The van der Waals surface area contributed by atoms with Crippen LogP contribution in [0.3, 0.4) is 0 Å². The molecule has 0 fully saturated rings. The van der Waals surface area contributed by atoms with Gasteiger partial charge in [0.1, 0.15) is 0 Å². The predicted molar refractivity (Wildman–Crippen MR) is 105 cm³/mol. The maximum Gasteiger partial charge on any atom is 0.276 e. The number of carbonyl (C=O) groups excluding carboxylic acids is 1. The van der Waals surface area contributed by atoms with Gasteiger partial charge in [0.2, 0.25) is 0 Å². The largest absolute Gasteiger partial charge is 0.375 e. The Hall–Kier alpha value is -2.31. The van der Waals surface area contributed by atoms with Crippen molar-refractivity contribution in [1.82, 2.24) is 9.78 Å². The van der Waals surface area contributed by atoms with Crippen molar-refractivity contribution in [3.63, 3.8) is 0 Å². The molecule has 1 N–H and O–H groups in total. The van der Waals surface area contributed by atoms with E-state index in [1.165, 1.54) is 0 Å². The van der Waals surface area contributed by atoms with Crippen LogP contribution in [-0.4, -0.2) is 29.8 Å². The van der Waals surface area contributed by atoms with Crippen LogP contribution in [0.1, 0.15) is 10.5 Å². The molecule has 0 saturated heterocycles. The predicted octanol–water partition coefficient (Wildman–Crippen LogP) is 4.61. The summed E-state index contributed by atoms with van der Waals surface area (Å²) in [5.41, 5.74) is 2.58. The van der Waals surface area contributed by atoms with E-state index in [1.807, 2.05) is 49.3 Å². The first kappa shape index (κ1) is 17.5. The fourth-order valence-corrected chi connectivity index (χ4v) is 3.20. The van der Waals surface area contributed by atoms with E-state index >= 15 is 0 Å². The molecule has 0 atom stereocenters. The molecule has 7 heteroatoms. The molecule has 0 aliphatic carbocycles. The maximum absolute atomic E-state index is 12.6. The molecule has 0 saturated carbocycles. The normalized spacial score (nSPS) is 10.6. The van der Waals surface area contributed by atoms with Gasteiger partial charge in [-0.25, -0.2) is 4.68 Å². The van der Waals surface area contributed by atoms with Gasteiger partial charge in [-0.3, -0.25) is 4.79 Å². The van der Waals surface area contributed by atoms with E-state index in [9.17, 15) is 4.79 Å². The molecule has 25 heavy (non-hydrogen) atoms. The summed E-state index contributed by atoms with van der Waals surface area (Å²) in [7, 11) is 3.75. The summed E-state index contributed by atoms with van der Waals surface area (Å²) in [5.74, 6) is -0.292. The van der Waals surface area contributed by atoms with Crippen LogP contribution in [0.15, 0.2) is 59.2 Å². The van der Waals surface area contributed by atoms with E-state index in [-0.39, 0.29) is 5.91 Å². The number of aromatic nitrogens is 2. The number of nitrogens with zero attached hydrogens (tertiary/aromatic N) is 3. The summed E-state index contributed by atoms with van der Waals surface area (Å²) in [6.45, 7) is 0. The molecule has 1 amide bonds. The highest BCUT2D eigenvalue weighted by Gasteiger charge is 2.15. The van der Waals surface area contributed by atoms with Crippen molar-refractivity contribution in [3.8, 4) is 5.69 Å². The minimum atomic E-state index is -0.292. The van der Waals surface area contributed by atoms with Crippen LogP contribution in [-0.2, 0) is 0 Å². The number of benzene rings is 2. The van der Waals surface area contributed by atoms with Gasteiger partial charge in [0.25, 0.3) is 5.91 Å². The minimum absolute atomic E-state index is 0.292. The highest BCUT2D eigenvalue weighted by Crippen LogP contribution is 2.32. The Labute approximate surface area is 159 Å². The van der Waals surface area contributed by atoms with Gasteiger partial charge in [-0.2, -0.15) is 5.10 Å². The van der Waals surface area contributed by atoms with Gasteiger partial charge in [-0.1, -0.05) is 39.7 Å². The highest BCUT2D eigenvalue weighted by atomic mass is 79.9. The van der Waals surface area contributed by atoms with E-state index in [1.54, 1.807) is 29.1 Å². The Morgan fingerprint density at radius 1 is 1.20 bits per heavy atom. The minimum Gasteiger partial charge on any atom is -0.375 e. The van der Waals surface area contributed by atoms with E-state index in [2.05, 4.69) is 26.3 Å². The first-order valence-electron chi connectivity index (χ1n) is 7.54. The van der Waals surface area contributed by atoms with Gasteiger partial charge in [0.15, 0.2) is 5.69 Å². The third-order valence-electron chi connectivity index (χ3n) is 3.58. The lowest BCUT2D eigenvalue weighted by molar-refractivity contribution is 0.102. The fourth-order valence-electron chi connectivity index (χ4n) is 2.46. The second-order valence-electron chi connectivity index (χ2n) is 5.61. The van der Waals surface area contributed by atoms with Gasteiger partial charge >= 0.3 is 0 Å². The van der Waals surface area contributed by atoms with Crippen LogP contribution in [0.25, 0.3) is 5.69 Å². The monoisotopic (exact) mass is 418 g/mol. The molecule has 0 radical (unpaired) electrons. The molecular weight excluding hydrogens is 404 g/mol. The third-order valence-corrected chi connectivity index (χ3v) is 4.37. The van der Waals surface area contributed by atoms with E-state index in [0.29, 0.717) is 16.4 Å². The number of hydrogen-bond acceptors (Lipinski definition) is 3. The zero-order chi connectivity index (χ0) is 18.0. The highest BCUT2D eigenvalue weighted by molar-refractivity contribution is 9.10. The Morgan fingerprint density at radius 2 is 1.96 bits per heavy atom. The van der Waals surface area contributed by atoms with Gasteiger partial charge < -0.3 is 10.2 Å². The van der Waals surface area contributed by atoms with Crippen molar-refractivity contribution in [3.05, 3.63) is 69.9 Å². The van der Waals surface area contributed by atoms with E-state index in [4.69, 9.17) is 11.6 Å². The molecule has 3 rings (SSSR count). The van der Waals surface area contributed by atoms with Crippen LogP contribution in [0.2, 0.25) is 5.02 Å². The van der Waals surface area contributed by atoms with Crippen LogP contribution >= 0.6 is 27.5 Å². The Bertz CT molecular complexity index is 923. The number of hydrogen-bond donors (Lipinski definition) is 1. The molecule has 1 aromatic heterocycles. The maximum atomic E-state index is 12.6. The summed E-state index contributed by atoms with van der Waals surface area (Å²) >= 11 is 9.67. The summed E-state index contributed by atoms with van der Waals surface area (Å²) < 4.78 is 2.60. The molecule has 0 spiro atoms. The Kier molecular flexibility index (Phi) is 5.11. The second-order valence-corrected chi connectivity index (χ2v) is 6.93. The lowest BCUT2D eigenvalue weighted by Crippen LogP contribution is -2.17. The lowest BCUT2D eigenvalue weighted by Gasteiger charge is -2.19. The third kappa shape index (κ3) is 3.86. The van der Waals surface area contributed by atoms with Crippen LogP contribution < -0.4 is 10.2 Å². The van der Waals surface area contributed by atoms with E-state index < -0.39 is 0 Å². The van der Waals surface area contributed by atoms with Crippen molar-refractivity contribution in [2.75, 3.05) is 24.3 Å². The lowest BCUT2D eigenvalue weighted by atomic mass is 10.2. The number of nitrogens with one attached hydrogen (secondary N) is 1. The molecule has 0 aliphatic rings. The topological polar surface area (TPSA) is 50.2 Å². The smallest absolute Gasteiger partial charge is 0.276 e. The summed E-state index contributed by atoms with van der Waals surface area (Å²) in [6, 6.07) is 14.8. The SMILES string of the molecule is CN(C)c1c(Cl)cccc1NC(=O)c1ccn(-c2cccc(Br)c2)n1. The van der Waals surface area contributed by atoms with Gasteiger partial charge in [-0.15, -0.1) is 0 Å². The number of carbonyl (C=O) groups is 1. The fraction of sp³-hybridized carbons (Fsp3) is 0.111. The van der Waals surface area contributed by atoms with Gasteiger partial charge in [0, 0.05) is 24.8 Å². The van der Waals surface area contributed by atoms with Crippen molar-refractivity contribution in [2.24, 2.45) is 0 Å². The van der Waals surface area contributed by atoms with Crippen molar-refractivity contribution in [1.29, 1.82) is 0 Å². The summed E-state index contributed by atoms with van der Waals surface area (Å²) in [4.78, 5) is 14.4. The number of rotatable bonds is 4. The standard InChI is InChI=1S/C18H16BrClN4O/c1-23(2)17-14(20)7-4-8-15(17)21-18(25)16-9-10-24(22-16)13-6-3-5-12(19)11-13/h3-11H,1-2H3,(H,21,25). The van der Waals surface area contributed by atoms with Crippen molar-refractivity contribution >= 4 is 44.8 Å². The van der Waals surface area contributed by atoms with Crippen LogP contribution in [0, 0.1) is 0 Å². The van der Waals surface area contributed by atoms with Gasteiger partial charge in [-0.05, 0) is 36.4 Å². The van der Waals surface area contributed by atoms with Crippen molar-refractivity contribution in [2.45, 2.75) is 0 Å². The first-order valence-corrected chi connectivity index (χ1v) is 8.71. The number of amides is 1. The summed E-state index contributed by atoms with van der Waals surface area (Å²) in [5, 5.41) is 7.80. The van der Waals surface area contributed by atoms with Crippen LogP contribution in [0.5, 0.6) is 0 Å². The zero-order valence-corrected chi connectivity index (χ0v) is 16.0. The average Bonchev–Trinajstić information content (AvgIpc) is 3.04. The van der Waals surface area contributed by atoms with Crippen molar-refractivity contribution < 1.29 is 4.79 Å². The Balaban J connectivity index is 1.85.